The first-order chi connectivity index (χ1) is 15.7. The fraction of sp³-hybridized carbons (Fsp3) is 0.640. The Hall–Kier alpha value is -2.61. The molecule has 3 rings (SSSR count). The molecule has 2 amide bonds. The van der Waals surface area contributed by atoms with Crippen LogP contribution in [0.15, 0.2) is 24.3 Å². The first kappa shape index (κ1) is 25.0. The minimum Gasteiger partial charge on any atom is -0.459 e. The van der Waals surface area contributed by atoms with Crippen LogP contribution in [0.1, 0.15) is 76.1 Å². The van der Waals surface area contributed by atoms with Crippen LogP contribution in [0.5, 0.6) is 0 Å². The summed E-state index contributed by atoms with van der Waals surface area (Å²) in [5, 5.41) is 2.80. The second-order valence-electron chi connectivity index (χ2n) is 9.77. The molecule has 0 aromatic heterocycles. The van der Waals surface area contributed by atoms with Crippen molar-refractivity contribution in [3.63, 3.8) is 0 Å². The largest absolute Gasteiger partial charge is 0.459 e. The van der Waals surface area contributed by atoms with Crippen molar-refractivity contribution >= 4 is 23.7 Å². The number of hydrogen-bond donors (Lipinski definition) is 1. The van der Waals surface area contributed by atoms with E-state index in [2.05, 4.69) is 5.32 Å². The van der Waals surface area contributed by atoms with Gasteiger partial charge in [0.25, 0.3) is 0 Å². The van der Waals surface area contributed by atoms with Crippen LogP contribution < -0.4 is 5.32 Å². The highest BCUT2D eigenvalue weighted by Crippen LogP contribution is 2.21. The van der Waals surface area contributed by atoms with Crippen molar-refractivity contribution < 1.29 is 28.6 Å². The van der Waals surface area contributed by atoms with Crippen LogP contribution in [-0.2, 0) is 19.0 Å². The summed E-state index contributed by atoms with van der Waals surface area (Å²) in [6, 6.07) is 6.63. The number of piperidine rings is 1. The third-order valence-electron chi connectivity index (χ3n) is 5.77. The highest BCUT2D eigenvalue weighted by molar-refractivity contribution is 5.93. The van der Waals surface area contributed by atoms with E-state index in [4.69, 9.17) is 14.2 Å². The van der Waals surface area contributed by atoms with Crippen molar-refractivity contribution in [2.24, 2.45) is 0 Å². The van der Waals surface area contributed by atoms with E-state index < -0.39 is 11.6 Å². The quantitative estimate of drug-likeness (QED) is 0.627. The molecule has 1 aromatic carbocycles. The van der Waals surface area contributed by atoms with Gasteiger partial charge in [-0.1, -0.05) is 19.3 Å². The van der Waals surface area contributed by atoms with Crippen molar-refractivity contribution in [3.8, 4) is 0 Å². The lowest BCUT2D eigenvalue weighted by atomic mass is 9.98. The Balaban J connectivity index is 1.39. The number of anilines is 1. The molecule has 1 aliphatic carbocycles. The van der Waals surface area contributed by atoms with Gasteiger partial charge in [0, 0.05) is 31.6 Å². The molecule has 33 heavy (non-hydrogen) atoms. The molecule has 1 saturated carbocycles. The average Bonchev–Trinajstić information content (AvgIpc) is 2.78. The number of amides is 2. The number of likely N-dealkylation sites (tertiary alicyclic amines) is 1. The van der Waals surface area contributed by atoms with Crippen LogP contribution >= 0.6 is 0 Å². The summed E-state index contributed by atoms with van der Waals surface area (Å²) < 4.78 is 16.7. The van der Waals surface area contributed by atoms with Gasteiger partial charge in [-0.3, -0.25) is 4.79 Å². The normalized spacial score (nSPS) is 18.0. The molecule has 2 fully saturated rings. The zero-order valence-corrected chi connectivity index (χ0v) is 19.9. The summed E-state index contributed by atoms with van der Waals surface area (Å²) in [5.74, 6) is -0.614. The van der Waals surface area contributed by atoms with Crippen molar-refractivity contribution in [3.05, 3.63) is 29.8 Å². The second-order valence-corrected chi connectivity index (χ2v) is 9.77. The van der Waals surface area contributed by atoms with Crippen LogP contribution in [0.4, 0.5) is 10.5 Å². The number of rotatable bonds is 6. The molecule has 182 valence electrons. The molecule has 1 aromatic rings. The first-order valence-corrected chi connectivity index (χ1v) is 11.9. The molecule has 1 heterocycles. The predicted octanol–water partition coefficient (Wildman–Crippen LogP) is 4.53. The van der Waals surface area contributed by atoms with Gasteiger partial charge in [0.15, 0.2) is 0 Å². The minimum absolute atomic E-state index is 0.0381. The van der Waals surface area contributed by atoms with Crippen LogP contribution in [0, 0.1) is 0 Å². The average molecular weight is 461 g/mol. The van der Waals surface area contributed by atoms with Gasteiger partial charge < -0.3 is 24.4 Å². The topological polar surface area (TPSA) is 94.2 Å². The van der Waals surface area contributed by atoms with E-state index in [1.54, 1.807) is 29.2 Å². The molecule has 8 heteroatoms. The maximum atomic E-state index is 12.5. The molecule has 0 spiro atoms. The van der Waals surface area contributed by atoms with Crippen molar-refractivity contribution in [2.75, 3.05) is 25.0 Å². The van der Waals surface area contributed by atoms with E-state index in [-0.39, 0.29) is 30.8 Å². The molecule has 2 aliphatic rings. The minimum atomic E-state index is -0.533. The number of ether oxygens (including phenoxy) is 3. The molecule has 0 bridgehead atoms. The first-order valence-electron chi connectivity index (χ1n) is 11.9. The zero-order chi connectivity index (χ0) is 23.8. The lowest BCUT2D eigenvalue weighted by Crippen LogP contribution is -2.43. The van der Waals surface area contributed by atoms with Crippen LogP contribution in [0.3, 0.4) is 0 Å². The maximum absolute atomic E-state index is 12.5. The molecule has 0 radical (unpaired) electrons. The molecule has 1 N–H and O–H groups in total. The second kappa shape index (κ2) is 11.5. The SMILES string of the molecule is CC(C)(C)OC(=O)N1CCC(OC(=O)c2ccc(NC(=O)COC3CCCCC3)cc2)CC1. The lowest BCUT2D eigenvalue weighted by molar-refractivity contribution is -0.123. The van der Waals surface area contributed by atoms with Crippen molar-refractivity contribution in [1.29, 1.82) is 0 Å². The Kier molecular flexibility index (Phi) is 8.72. The molecule has 0 atom stereocenters. The molecular weight excluding hydrogens is 424 g/mol. The van der Waals surface area contributed by atoms with Crippen molar-refractivity contribution in [1.82, 2.24) is 4.90 Å². The summed E-state index contributed by atoms with van der Waals surface area (Å²) in [6.07, 6.45) is 6.33. The Bertz CT molecular complexity index is 803. The number of hydrogen-bond acceptors (Lipinski definition) is 6. The summed E-state index contributed by atoms with van der Waals surface area (Å²) in [4.78, 5) is 38.4. The van der Waals surface area contributed by atoms with Gasteiger partial charge in [0.1, 0.15) is 18.3 Å². The molecule has 8 nitrogen and oxygen atoms in total. The van der Waals surface area contributed by atoms with Gasteiger partial charge in [-0.05, 0) is 57.9 Å². The number of nitrogens with zero attached hydrogens (tertiary/aromatic N) is 1. The molecule has 1 saturated heterocycles. The van der Waals surface area contributed by atoms with Gasteiger partial charge in [0.2, 0.25) is 5.91 Å². The number of esters is 1. The van der Waals surface area contributed by atoms with Gasteiger partial charge >= 0.3 is 12.1 Å². The fourth-order valence-electron chi connectivity index (χ4n) is 4.01. The van der Waals surface area contributed by atoms with E-state index in [1.165, 1.54) is 6.42 Å². The van der Waals surface area contributed by atoms with Crippen LogP contribution in [0.2, 0.25) is 0 Å². The Morgan fingerprint density at radius 3 is 2.18 bits per heavy atom. The zero-order valence-electron chi connectivity index (χ0n) is 19.9. The molecular formula is C25H36N2O6. The number of carbonyl (C=O) groups excluding carboxylic acids is 3. The predicted molar refractivity (Wildman–Crippen MR) is 124 cm³/mol. The molecule has 1 aliphatic heterocycles. The van der Waals surface area contributed by atoms with Gasteiger partial charge in [0.05, 0.1) is 11.7 Å². The maximum Gasteiger partial charge on any atom is 0.410 e. The van der Waals surface area contributed by atoms with E-state index in [0.29, 0.717) is 37.2 Å². The Morgan fingerprint density at radius 2 is 1.58 bits per heavy atom. The third kappa shape index (κ3) is 8.35. The van der Waals surface area contributed by atoms with Crippen LogP contribution in [-0.4, -0.2) is 60.4 Å². The smallest absolute Gasteiger partial charge is 0.410 e. The monoisotopic (exact) mass is 460 g/mol. The Labute approximate surface area is 195 Å². The summed E-state index contributed by atoms with van der Waals surface area (Å²) in [6.45, 7) is 6.52. The van der Waals surface area contributed by atoms with Crippen LogP contribution in [0.25, 0.3) is 0 Å². The number of carbonyl (C=O) groups is 3. The van der Waals surface area contributed by atoms with E-state index in [1.807, 2.05) is 20.8 Å². The number of benzene rings is 1. The van der Waals surface area contributed by atoms with E-state index in [9.17, 15) is 14.4 Å². The van der Waals surface area contributed by atoms with Gasteiger partial charge in [-0.25, -0.2) is 9.59 Å². The van der Waals surface area contributed by atoms with Crippen molar-refractivity contribution in [2.45, 2.75) is 83.5 Å². The summed E-state index contributed by atoms with van der Waals surface area (Å²) in [7, 11) is 0. The third-order valence-corrected chi connectivity index (χ3v) is 5.77. The Morgan fingerprint density at radius 1 is 0.939 bits per heavy atom. The van der Waals surface area contributed by atoms with Gasteiger partial charge in [-0.2, -0.15) is 0 Å². The summed E-state index contributed by atoms with van der Waals surface area (Å²) in [5.41, 5.74) is 0.490. The van der Waals surface area contributed by atoms with E-state index in [0.717, 1.165) is 25.7 Å². The highest BCUT2D eigenvalue weighted by Gasteiger charge is 2.28. The lowest BCUT2D eigenvalue weighted by Gasteiger charge is -2.33. The number of nitrogens with one attached hydrogen (secondary N) is 1. The van der Waals surface area contributed by atoms with Gasteiger partial charge in [-0.15, -0.1) is 0 Å². The van der Waals surface area contributed by atoms with E-state index >= 15 is 0 Å². The molecule has 0 unspecified atom stereocenters. The fourth-order valence-corrected chi connectivity index (χ4v) is 4.01. The highest BCUT2D eigenvalue weighted by atomic mass is 16.6. The standard InChI is InChI=1S/C25H36N2O6/c1-25(2,3)33-24(30)27-15-13-21(14-16-27)32-23(29)18-9-11-19(12-10-18)26-22(28)17-31-20-7-5-4-6-8-20/h9-12,20-21H,4-8,13-17H2,1-3H3,(H,26,28). The summed E-state index contributed by atoms with van der Waals surface area (Å²) >= 11 is 0.